The first-order valence-corrected chi connectivity index (χ1v) is 14.2. The summed E-state index contributed by atoms with van der Waals surface area (Å²) in [6.07, 6.45) is 7.18. The van der Waals surface area contributed by atoms with E-state index in [0.717, 1.165) is 54.5 Å². The highest BCUT2D eigenvalue weighted by atomic mass is 19.1. The Hall–Kier alpha value is -3.34. The molecule has 0 amide bonds. The van der Waals surface area contributed by atoms with Crippen molar-refractivity contribution < 1.29 is 23.8 Å². The smallest absolute Gasteiger partial charge is 0.307 e. The van der Waals surface area contributed by atoms with Gasteiger partial charge < -0.3 is 14.6 Å². The van der Waals surface area contributed by atoms with Gasteiger partial charge in [-0.2, -0.15) is 0 Å². The maximum atomic E-state index is 15.1. The van der Waals surface area contributed by atoms with Gasteiger partial charge in [0.25, 0.3) is 0 Å². The second-order valence-electron chi connectivity index (χ2n) is 12.4. The molecule has 0 saturated heterocycles. The van der Waals surface area contributed by atoms with Gasteiger partial charge in [-0.25, -0.2) is 4.39 Å². The molecule has 3 atom stereocenters. The Morgan fingerprint density at radius 1 is 1.00 bits per heavy atom. The predicted octanol–water partition coefficient (Wildman–Crippen LogP) is 8.05. The first-order valence-electron chi connectivity index (χ1n) is 14.2. The summed E-state index contributed by atoms with van der Waals surface area (Å²) in [5, 5.41) is 9.59. The van der Waals surface area contributed by atoms with Crippen LogP contribution in [-0.4, -0.2) is 18.2 Å². The van der Waals surface area contributed by atoms with Crippen molar-refractivity contribution in [2.45, 2.75) is 76.7 Å². The molecule has 1 spiro atoms. The van der Waals surface area contributed by atoms with Gasteiger partial charge >= 0.3 is 5.97 Å². The van der Waals surface area contributed by atoms with Gasteiger partial charge in [0.05, 0.1) is 13.0 Å². The Kier molecular flexibility index (Phi) is 6.44. The number of benzene rings is 3. The van der Waals surface area contributed by atoms with E-state index in [1.807, 2.05) is 18.2 Å². The molecule has 4 nitrogen and oxygen atoms in total. The summed E-state index contributed by atoms with van der Waals surface area (Å²) in [4.78, 5) is 11.7. The Bertz CT molecular complexity index is 1430. The highest BCUT2D eigenvalue weighted by Crippen LogP contribution is 2.62. The molecule has 5 heteroatoms. The van der Waals surface area contributed by atoms with Crippen LogP contribution >= 0.6 is 0 Å². The zero-order valence-electron chi connectivity index (χ0n) is 23.1. The van der Waals surface area contributed by atoms with Crippen molar-refractivity contribution in [1.82, 2.24) is 0 Å². The van der Waals surface area contributed by atoms with Gasteiger partial charge in [-0.1, -0.05) is 51.0 Å². The lowest BCUT2D eigenvalue weighted by atomic mass is 9.65. The molecule has 0 aliphatic heterocycles. The number of aryl methyl sites for hydroxylation is 1. The minimum absolute atomic E-state index is 0.112. The van der Waals surface area contributed by atoms with E-state index in [1.165, 1.54) is 30.0 Å². The molecule has 0 radical (unpaired) electrons. The van der Waals surface area contributed by atoms with Crippen LogP contribution in [0.5, 0.6) is 11.5 Å². The molecular formula is C34H37FO4. The second-order valence-corrected chi connectivity index (χ2v) is 12.4. The lowest BCUT2D eigenvalue weighted by Crippen LogP contribution is -2.26. The van der Waals surface area contributed by atoms with Crippen molar-refractivity contribution in [2.75, 3.05) is 7.11 Å². The van der Waals surface area contributed by atoms with Crippen molar-refractivity contribution in [2.24, 2.45) is 11.3 Å². The summed E-state index contributed by atoms with van der Waals surface area (Å²) in [6, 6.07) is 17.4. The topological polar surface area (TPSA) is 55.8 Å². The number of rotatable bonds is 7. The van der Waals surface area contributed by atoms with E-state index in [9.17, 15) is 9.90 Å². The van der Waals surface area contributed by atoms with Crippen LogP contribution in [0.3, 0.4) is 0 Å². The monoisotopic (exact) mass is 528 g/mol. The summed E-state index contributed by atoms with van der Waals surface area (Å²) < 4.78 is 26.9. The van der Waals surface area contributed by atoms with Crippen LogP contribution in [0, 0.1) is 17.2 Å². The van der Waals surface area contributed by atoms with E-state index in [0.29, 0.717) is 23.8 Å². The van der Waals surface area contributed by atoms with Crippen LogP contribution in [-0.2, 0) is 23.2 Å². The average molecular weight is 529 g/mol. The molecule has 3 aliphatic carbocycles. The first kappa shape index (κ1) is 25.9. The normalized spacial score (nSPS) is 24.8. The zero-order valence-corrected chi connectivity index (χ0v) is 23.1. The molecule has 3 aromatic rings. The van der Waals surface area contributed by atoms with E-state index in [4.69, 9.17) is 9.47 Å². The zero-order chi connectivity index (χ0) is 27.4. The van der Waals surface area contributed by atoms with Gasteiger partial charge in [-0.3, -0.25) is 4.79 Å². The minimum atomic E-state index is -0.695. The number of carboxylic acid groups (broad SMARTS) is 1. The number of hydrogen-bond donors (Lipinski definition) is 1. The molecule has 6 rings (SSSR count). The molecule has 0 unspecified atom stereocenters. The van der Waals surface area contributed by atoms with Gasteiger partial charge in [-0.05, 0) is 102 Å². The summed E-state index contributed by atoms with van der Waals surface area (Å²) in [6.45, 7) is 5.05. The Labute approximate surface area is 230 Å². The van der Waals surface area contributed by atoms with E-state index in [2.05, 4.69) is 32.0 Å². The first-order chi connectivity index (χ1) is 18.7. The third kappa shape index (κ3) is 4.60. The summed E-state index contributed by atoms with van der Waals surface area (Å²) in [7, 11) is 1.61. The number of fused-ring (bicyclic) bond motifs is 2. The predicted molar refractivity (Wildman–Crippen MR) is 150 cm³/mol. The number of carboxylic acids is 1. The van der Waals surface area contributed by atoms with Crippen LogP contribution < -0.4 is 9.47 Å². The van der Waals surface area contributed by atoms with Gasteiger partial charge in [0.2, 0.25) is 0 Å². The number of hydrogen-bond acceptors (Lipinski definition) is 3. The van der Waals surface area contributed by atoms with Crippen molar-refractivity contribution in [3.63, 3.8) is 0 Å². The quantitative estimate of drug-likeness (QED) is 0.337. The molecule has 2 saturated carbocycles. The Balaban J connectivity index is 1.31. The van der Waals surface area contributed by atoms with Crippen LogP contribution in [0.2, 0.25) is 0 Å². The standard InChI is InChI=1S/C34H37FO4/c1-33(2)14-5-4-6-28(33)26-16-21(7-11-25(26)27-17-23(38-3)10-12-31(27)35)20-39-24-9-8-22-13-15-34(29(22)18-24)19-30(34)32(36)37/h7-12,16-18,28,30H,4-6,13-15,19-20H2,1-3H3,(H,36,37)/t28-,30-,34-/m0/s1. The van der Waals surface area contributed by atoms with E-state index >= 15 is 4.39 Å². The van der Waals surface area contributed by atoms with Gasteiger partial charge in [-0.15, -0.1) is 0 Å². The third-order valence-corrected chi connectivity index (χ3v) is 9.70. The number of methoxy groups -OCH3 is 1. The largest absolute Gasteiger partial charge is 0.497 e. The second kappa shape index (κ2) is 9.69. The maximum Gasteiger partial charge on any atom is 0.307 e. The fourth-order valence-corrected chi connectivity index (χ4v) is 7.33. The fourth-order valence-electron chi connectivity index (χ4n) is 7.33. The van der Waals surface area contributed by atoms with E-state index in [-0.39, 0.29) is 22.6 Å². The molecule has 0 aromatic heterocycles. The molecule has 2 fully saturated rings. The molecule has 204 valence electrons. The number of halogens is 1. The van der Waals surface area contributed by atoms with Crippen LogP contribution in [0.1, 0.15) is 80.5 Å². The minimum Gasteiger partial charge on any atom is -0.497 e. The van der Waals surface area contributed by atoms with E-state index in [1.54, 1.807) is 19.2 Å². The van der Waals surface area contributed by atoms with E-state index < -0.39 is 5.97 Å². The molecule has 3 aliphatic rings. The summed E-state index contributed by atoms with van der Waals surface area (Å²) in [5.74, 6) is 0.507. The molecule has 0 bridgehead atoms. The van der Waals surface area contributed by atoms with Crippen molar-refractivity contribution in [3.8, 4) is 22.6 Å². The highest BCUT2D eigenvalue weighted by molar-refractivity contribution is 5.78. The van der Waals surface area contributed by atoms with Crippen molar-refractivity contribution >= 4 is 5.97 Å². The molecular weight excluding hydrogens is 491 g/mol. The summed E-state index contributed by atoms with van der Waals surface area (Å²) in [5.41, 5.74) is 6.01. The fraction of sp³-hybridized carbons (Fsp3) is 0.441. The molecule has 39 heavy (non-hydrogen) atoms. The van der Waals surface area contributed by atoms with Crippen molar-refractivity contribution in [1.29, 1.82) is 0 Å². The van der Waals surface area contributed by atoms with Gasteiger partial charge in [0.15, 0.2) is 0 Å². The average Bonchev–Trinajstić information content (AvgIpc) is 3.56. The lowest BCUT2D eigenvalue weighted by molar-refractivity contribution is -0.139. The summed E-state index contributed by atoms with van der Waals surface area (Å²) >= 11 is 0. The maximum absolute atomic E-state index is 15.1. The highest BCUT2D eigenvalue weighted by Gasteiger charge is 2.61. The third-order valence-electron chi connectivity index (χ3n) is 9.70. The van der Waals surface area contributed by atoms with Crippen LogP contribution in [0.4, 0.5) is 4.39 Å². The Morgan fingerprint density at radius 2 is 1.82 bits per heavy atom. The number of ether oxygens (including phenoxy) is 2. The van der Waals surface area contributed by atoms with Crippen LogP contribution in [0.25, 0.3) is 11.1 Å². The SMILES string of the molecule is COc1ccc(F)c(-c2ccc(COc3ccc4c(c3)[C@]3(CC4)C[C@H]3C(=O)O)cc2[C@@H]2CCCCC2(C)C)c1. The molecule has 1 N–H and O–H groups in total. The number of carbonyl (C=O) groups is 1. The van der Waals surface area contributed by atoms with Crippen LogP contribution in [0.15, 0.2) is 54.6 Å². The Morgan fingerprint density at radius 3 is 2.56 bits per heavy atom. The van der Waals surface area contributed by atoms with Gasteiger partial charge in [0, 0.05) is 11.0 Å². The van der Waals surface area contributed by atoms with Gasteiger partial charge in [0.1, 0.15) is 23.9 Å². The van der Waals surface area contributed by atoms with Crippen molar-refractivity contribution in [3.05, 3.63) is 82.7 Å². The number of aliphatic carboxylic acids is 1. The molecule has 0 heterocycles. The molecule has 3 aromatic carbocycles. The lowest BCUT2D eigenvalue weighted by Gasteiger charge is -2.40.